The largest absolute Gasteiger partial charge is 0.497 e. The second kappa shape index (κ2) is 5.75. The average molecular weight is 250 g/mol. The molecule has 0 bridgehead atoms. The van der Waals surface area contributed by atoms with E-state index in [-0.39, 0.29) is 17.4 Å². The summed E-state index contributed by atoms with van der Waals surface area (Å²) >= 11 is 0. The van der Waals surface area contributed by atoms with E-state index in [9.17, 15) is 0 Å². The fourth-order valence-electron chi connectivity index (χ4n) is 2.34. The number of benzene rings is 1. The van der Waals surface area contributed by atoms with Crippen molar-refractivity contribution in [2.45, 2.75) is 46.0 Å². The first-order valence-corrected chi connectivity index (χ1v) is 6.60. The minimum Gasteiger partial charge on any atom is -0.497 e. The highest BCUT2D eigenvalue weighted by Crippen LogP contribution is 2.45. The third-order valence-electron chi connectivity index (χ3n) is 4.22. The highest BCUT2D eigenvalue weighted by molar-refractivity contribution is 5.33. The van der Waals surface area contributed by atoms with Crippen LogP contribution in [0.4, 0.5) is 0 Å². The number of hydrogen-bond acceptors (Lipinski definition) is 2. The predicted octanol–water partition coefficient (Wildman–Crippen LogP) is 3.77. The molecule has 0 saturated heterocycles. The molecular formula is C16H26O2. The number of aliphatic hydroxyl groups excluding tert-OH is 1. The van der Waals surface area contributed by atoms with Crippen molar-refractivity contribution in [1.29, 1.82) is 0 Å². The smallest absolute Gasteiger partial charge is 0.118 e. The maximum atomic E-state index is 9.10. The molecule has 1 aromatic rings. The van der Waals surface area contributed by atoms with Gasteiger partial charge in [0.15, 0.2) is 0 Å². The molecule has 102 valence electrons. The first kappa shape index (κ1) is 15.0. The van der Waals surface area contributed by atoms with Gasteiger partial charge in [-0.15, -0.1) is 0 Å². The third kappa shape index (κ3) is 3.05. The molecule has 0 fully saturated rings. The van der Waals surface area contributed by atoms with Gasteiger partial charge >= 0.3 is 0 Å². The molecule has 0 spiro atoms. The molecule has 1 aromatic carbocycles. The van der Waals surface area contributed by atoms with Crippen molar-refractivity contribution in [2.75, 3.05) is 13.7 Å². The molecule has 1 atom stereocenters. The summed E-state index contributed by atoms with van der Waals surface area (Å²) in [5.41, 5.74) is 1.52. The van der Waals surface area contributed by atoms with Crippen LogP contribution in [0.2, 0.25) is 0 Å². The van der Waals surface area contributed by atoms with Crippen molar-refractivity contribution >= 4 is 0 Å². The summed E-state index contributed by atoms with van der Waals surface area (Å²) in [6.07, 6.45) is 1.82. The first-order chi connectivity index (χ1) is 8.35. The summed E-state index contributed by atoms with van der Waals surface area (Å²) in [7, 11) is 1.68. The van der Waals surface area contributed by atoms with Gasteiger partial charge in [-0.05, 0) is 41.4 Å². The second-order valence-electron chi connectivity index (χ2n) is 6.14. The Labute approximate surface area is 111 Å². The quantitative estimate of drug-likeness (QED) is 0.862. The van der Waals surface area contributed by atoms with Crippen molar-refractivity contribution < 1.29 is 9.84 Å². The standard InChI is InChI=1S/C16H26O2/c1-15(2,3)16(4,11-6-12-17)13-7-9-14(18-5)10-8-13/h7-10,17H,6,11-12H2,1-5H3. The van der Waals surface area contributed by atoms with Crippen LogP contribution in [0.5, 0.6) is 5.75 Å². The molecule has 1 unspecified atom stereocenters. The Morgan fingerprint density at radius 3 is 2.00 bits per heavy atom. The van der Waals surface area contributed by atoms with E-state index >= 15 is 0 Å². The molecule has 0 amide bonds. The number of ether oxygens (including phenoxy) is 1. The maximum Gasteiger partial charge on any atom is 0.118 e. The maximum absolute atomic E-state index is 9.10. The van der Waals surface area contributed by atoms with Gasteiger partial charge in [0.05, 0.1) is 7.11 Å². The molecule has 2 nitrogen and oxygen atoms in total. The lowest BCUT2D eigenvalue weighted by molar-refractivity contribution is 0.168. The van der Waals surface area contributed by atoms with Crippen LogP contribution in [0.1, 0.15) is 46.1 Å². The lowest BCUT2D eigenvalue weighted by Gasteiger charge is -2.43. The van der Waals surface area contributed by atoms with Gasteiger partial charge in [0, 0.05) is 6.61 Å². The van der Waals surface area contributed by atoms with Crippen molar-refractivity contribution in [3.05, 3.63) is 29.8 Å². The van der Waals surface area contributed by atoms with Gasteiger partial charge in [-0.25, -0.2) is 0 Å². The van der Waals surface area contributed by atoms with Crippen LogP contribution in [0.3, 0.4) is 0 Å². The topological polar surface area (TPSA) is 29.5 Å². The van der Waals surface area contributed by atoms with E-state index in [1.807, 2.05) is 12.1 Å². The van der Waals surface area contributed by atoms with E-state index in [1.54, 1.807) is 7.11 Å². The van der Waals surface area contributed by atoms with Crippen molar-refractivity contribution in [3.8, 4) is 5.75 Å². The Kier molecular flexibility index (Phi) is 4.80. The van der Waals surface area contributed by atoms with Crippen molar-refractivity contribution in [3.63, 3.8) is 0 Å². The summed E-state index contributed by atoms with van der Waals surface area (Å²) in [6, 6.07) is 8.31. The predicted molar refractivity (Wildman–Crippen MR) is 76.1 cm³/mol. The molecule has 0 saturated carbocycles. The fourth-order valence-corrected chi connectivity index (χ4v) is 2.34. The SMILES string of the molecule is COc1ccc(C(C)(CCCO)C(C)(C)C)cc1. The van der Waals surface area contributed by atoms with Gasteiger partial charge in [0.2, 0.25) is 0 Å². The lowest BCUT2D eigenvalue weighted by Crippen LogP contribution is -2.37. The Balaban J connectivity index is 3.08. The van der Waals surface area contributed by atoms with Gasteiger partial charge in [0.25, 0.3) is 0 Å². The van der Waals surface area contributed by atoms with Crippen LogP contribution in [0.15, 0.2) is 24.3 Å². The van der Waals surface area contributed by atoms with Crippen molar-refractivity contribution in [1.82, 2.24) is 0 Å². The van der Waals surface area contributed by atoms with E-state index in [0.29, 0.717) is 0 Å². The Morgan fingerprint density at radius 1 is 1.06 bits per heavy atom. The van der Waals surface area contributed by atoms with E-state index in [4.69, 9.17) is 9.84 Å². The molecule has 0 aliphatic carbocycles. The van der Waals surface area contributed by atoms with E-state index in [0.717, 1.165) is 18.6 Å². The van der Waals surface area contributed by atoms with Crippen molar-refractivity contribution in [2.24, 2.45) is 5.41 Å². The zero-order valence-corrected chi connectivity index (χ0v) is 12.3. The van der Waals surface area contributed by atoms with E-state index in [2.05, 4.69) is 39.8 Å². The first-order valence-electron chi connectivity index (χ1n) is 6.60. The third-order valence-corrected chi connectivity index (χ3v) is 4.22. The van der Waals surface area contributed by atoms with Crippen LogP contribution in [-0.2, 0) is 5.41 Å². The zero-order valence-electron chi connectivity index (χ0n) is 12.3. The summed E-state index contributed by atoms with van der Waals surface area (Å²) < 4.78 is 5.21. The Bertz CT molecular complexity index is 362. The van der Waals surface area contributed by atoms with E-state index in [1.165, 1.54) is 5.56 Å². The monoisotopic (exact) mass is 250 g/mol. The van der Waals surface area contributed by atoms with Gasteiger partial charge in [-0.3, -0.25) is 0 Å². The molecule has 0 heterocycles. The molecular weight excluding hydrogens is 224 g/mol. The molecule has 0 radical (unpaired) electrons. The van der Waals surface area contributed by atoms with Gasteiger partial charge in [-0.1, -0.05) is 39.8 Å². The number of hydrogen-bond donors (Lipinski definition) is 1. The number of aliphatic hydroxyl groups is 1. The minimum atomic E-state index is 0.0575. The molecule has 1 N–H and O–H groups in total. The second-order valence-corrected chi connectivity index (χ2v) is 6.14. The molecule has 1 rings (SSSR count). The zero-order chi connectivity index (χ0) is 13.8. The number of methoxy groups -OCH3 is 1. The van der Waals surface area contributed by atoms with Crippen LogP contribution in [0.25, 0.3) is 0 Å². The highest BCUT2D eigenvalue weighted by Gasteiger charge is 2.38. The summed E-state index contributed by atoms with van der Waals surface area (Å²) in [5, 5.41) is 9.10. The summed E-state index contributed by atoms with van der Waals surface area (Å²) in [6.45, 7) is 9.31. The Morgan fingerprint density at radius 2 is 1.61 bits per heavy atom. The van der Waals surface area contributed by atoms with Crippen LogP contribution in [0, 0.1) is 5.41 Å². The molecule has 0 aromatic heterocycles. The minimum absolute atomic E-state index is 0.0575. The normalized spacial score (nSPS) is 15.2. The fraction of sp³-hybridized carbons (Fsp3) is 0.625. The van der Waals surface area contributed by atoms with Gasteiger partial charge < -0.3 is 9.84 Å². The van der Waals surface area contributed by atoms with E-state index < -0.39 is 0 Å². The summed E-state index contributed by atoms with van der Waals surface area (Å²) in [4.78, 5) is 0. The van der Waals surface area contributed by atoms with Crippen LogP contribution < -0.4 is 4.74 Å². The number of rotatable bonds is 5. The molecule has 0 aliphatic heterocycles. The van der Waals surface area contributed by atoms with Gasteiger partial charge in [-0.2, -0.15) is 0 Å². The molecule has 2 heteroatoms. The highest BCUT2D eigenvalue weighted by atomic mass is 16.5. The lowest BCUT2D eigenvalue weighted by atomic mass is 9.62. The molecule has 0 aliphatic rings. The van der Waals surface area contributed by atoms with Crippen LogP contribution in [-0.4, -0.2) is 18.8 Å². The van der Waals surface area contributed by atoms with Crippen LogP contribution >= 0.6 is 0 Å². The van der Waals surface area contributed by atoms with Gasteiger partial charge in [0.1, 0.15) is 5.75 Å². The molecule has 18 heavy (non-hydrogen) atoms. The summed E-state index contributed by atoms with van der Waals surface area (Å²) in [5.74, 6) is 0.886. The average Bonchev–Trinajstić information content (AvgIpc) is 2.34. The Hall–Kier alpha value is -1.02.